The molecular weight excluding hydrogens is 390 g/mol. The lowest BCUT2D eigenvalue weighted by atomic mass is 9.95. The minimum absolute atomic E-state index is 0.0675. The summed E-state index contributed by atoms with van der Waals surface area (Å²) in [6.07, 6.45) is 0. The third kappa shape index (κ3) is 6.89. The van der Waals surface area contributed by atoms with E-state index < -0.39 is 5.41 Å². The standard InChI is InChI=1S/C25H27N3O3/c1-25(2,3)24(30)28-20-9-7-8-19(16-20)26-17-23(29)27-18-12-14-22(15-13-18)31-21-10-5-4-6-11-21/h4-16,26H,17H2,1-3H3,(H,27,29)(H,28,30). The maximum absolute atomic E-state index is 12.3. The number of para-hydroxylation sites is 1. The van der Waals surface area contributed by atoms with E-state index in [9.17, 15) is 9.59 Å². The highest BCUT2D eigenvalue weighted by Crippen LogP contribution is 2.23. The Kier molecular flexibility index (Phi) is 6.92. The van der Waals surface area contributed by atoms with Crippen molar-refractivity contribution in [3.63, 3.8) is 0 Å². The maximum Gasteiger partial charge on any atom is 0.243 e. The van der Waals surface area contributed by atoms with E-state index in [0.29, 0.717) is 17.1 Å². The van der Waals surface area contributed by atoms with Crippen molar-refractivity contribution in [2.24, 2.45) is 5.41 Å². The maximum atomic E-state index is 12.3. The molecule has 0 aliphatic rings. The van der Waals surface area contributed by atoms with Crippen LogP contribution < -0.4 is 20.7 Å². The summed E-state index contributed by atoms with van der Waals surface area (Å²) < 4.78 is 5.75. The molecule has 0 aliphatic carbocycles. The van der Waals surface area contributed by atoms with Gasteiger partial charge in [-0.15, -0.1) is 0 Å². The van der Waals surface area contributed by atoms with Crippen molar-refractivity contribution in [2.45, 2.75) is 20.8 Å². The van der Waals surface area contributed by atoms with Crippen LogP contribution in [0.2, 0.25) is 0 Å². The van der Waals surface area contributed by atoms with Crippen molar-refractivity contribution in [3.05, 3.63) is 78.9 Å². The second kappa shape index (κ2) is 9.80. The van der Waals surface area contributed by atoms with Crippen molar-refractivity contribution >= 4 is 28.9 Å². The highest BCUT2D eigenvalue weighted by molar-refractivity contribution is 5.95. The molecule has 0 spiro atoms. The van der Waals surface area contributed by atoms with Crippen LogP contribution in [0.15, 0.2) is 78.9 Å². The van der Waals surface area contributed by atoms with Crippen molar-refractivity contribution in [1.29, 1.82) is 0 Å². The van der Waals surface area contributed by atoms with Crippen LogP contribution in [0.1, 0.15) is 20.8 Å². The largest absolute Gasteiger partial charge is 0.457 e. The molecule has 6 heteroatoms. The molecule has 0 fully saturated rings. The molecule has 0 unspecified atom stereocenters. The zero-order valence-corrected chi connectivity index (χ0v) is 17.9. The zero-order valence-electron chi connectivity index (χ0n) is 17.9. The summed E-state index contributed by atoms with van der Waals surface area (Å²) in [5.41, 5.74) is 1.62. The Hall–Kier alpha value is -3.80. The Bertz CT molecular complexity index is 1030. The molecule has 160 valence electrons. The predicted molar refractivity (Wildman–Crippen MR) is 125 cm³/mol. The molecule has 6 nitrogen and oxygen atoms in total. The van der Waals surface area contributed by atoms with Gasteiger partial charge < -0.3 is 20.7 Å². The molecule has 2 amide bonds. The fraction of sp³-hybridized carbons (Fsp3) is 0.200. The average molecular weight is 418 g/mol. The molecule has 3 aromatic carbocycles. The second-order valence-corrected chi connectivity index (χ2v) is 8.13. The van der Waals surface area contributed by atoms with E-state index in [1.54, 1.807) is 30.3 Å². The van der Waals surface area contributed by atoms with Gasteiger partial charge in [-0.05, 0) is 54.6 Å². The van der Waals surface area contributed by atoms with E-state index in [4.69, 9.17) is 4.74 Å². The van der Waals surface area contributed by atoms with Crippen LogP contribution in [0.3, 0.4) is 0 Å². The van der Waals surface area contributed by atoms with Gasteiger partial charge >= 0.3 is 0 Å². The highest BCUT2D eigenvalue weighted by Gasteiger charge is 2.21. The highest BCUT2D eigenvalue weighted by atomic mass is 16.5. The first-order chi connectivity index (χ1) is 14.8. The fourth-order valence-corrected chi connectivity index (χ4v) is 2.64. The van der Waals surface area contributed by atoms with Gasteiger partial charge in [-0.2, -0.15) is 0 Å². The molecule has 3 aromatic rings. The number of carbonyl (C=O) groups excluding carboxylic acids is 2. The topological polar surface area (TPSA) is 79.5 Å². The van der Waals surface area contributed by atoms with Gasteiger partial charge in [-0.3, -0.25) is 9.59 Å². The van der Waals surface area contributed by atoms with E-state index in [1.807, 2.05) is 69.3 Å². The molecule has 3 N–H and O–H groups in total. The Labute approximate surface area is 182 Å². The van der Waals surface area contributed by atoms with Crippen LogP contribution in [0, 0.1) is 5.41 Å². The second-order valence-electron chi connectivity index (χ2n) is 8.13. The van der Waals surface area contributed by atoms with Crippen molar-refractivity contribution in [3.8, 4) is 11.5 Å². The van der Waals surface area contributed by atoms with E-state index >= 15 is 0 Å². The van der Waals surface area contributed by atoms with Crippen LogP contribution >= 0.6 is 0 Å². The lowest BCUT2D eigenvalue weighted by molar-refractivity contribution is -0.123. The van der Waals surface area contributed by atoms with Gasteiger partial charge in [0.05, 0.1) is 6.54 Å². The Morgan fingerprint density at radius 2 is 1.39 bits per heavy atom. The van der Waals surface area contributed by atoms with Crippen LogP contribution in [-0.4, -0.2) is 18.4 Å². The van der Waals surface area contributed by atoms with Crippen LogP contribution in [0.4, 0.5) is 17.1 Å². The molecular formula is C25H27N3O3. The van der Waals surface area contributed by atoms with Crippen molar-refractivity contribution in [1.82, 2.24) is 0 Å². The van der Waals surface area contributed by atoms with E-state index in [1.165, 1.54) is 0 Å². The molecule has 31 heavy (non-hydrogen) atoms. The number of carbonyl (C=O) groups is 2. The Balaban J connectivity index is 1.50. The molecule has 0 atom stereocenters. The number of rotatable bonds is 7. The number of benzene rings is 3. The predicted octanol–water partition coefficient (Wildman–Crippen LogP) is 5.51. The van der Waals surface area contributed by atoms with Crippen LogP contribution in [0.5, 0.6) is 11.5 Å². The van der Waals surface area contributed by atoms with Crippen molar-refractivity contribution < 1.29 is 14.3 Å². The number of amides is 2. The molecule has 0 radical (unpaired) electrons. The number of nitrogens with one attached hydrogen (secondary N) is 3. The van der Waals surface area contributed by atoms with E-state index in [-0.39, 0.29) is 18.4 Å². The normalized spacial score (nSPS) is 10.8. The molecule has 3 rings (SSSR count). The quantitative estimate of drug-likeness (QED) is 0.473. The number of ether oxygens (including phenoxy) is 1. The van der Waals surface area contributed by atoms with Crippen LogP contribution in [-0.2, 0) is 9.59 Å². The Morgan fingerprint density at radius 3 is 2.06 bits per heavy atom. The van der Waals surface area contributed by atoms with Crippen molar-refractivity contribution in [2.75, 3.05) is 22.5 Å². The third-order valence-electron chi connectivity index (χ3n) is 4.37. The van der Waals surface area contributed by atoms with Gasteiger partial charge in [0.2, 0.25) is 11.8 Å². The summed E-state index contributed by atoms with van der Waals surface area (Å²) in [6.45, 7) is 5.66. The fourth-order valence-electron chi connectivity index (χ4n) is 2.64. The molecule has 0 aliphatic heterocycles. The summed E-state index contributed by atoms with van der Waals surface area (Å²) in [5.74, 6) is 1.20. The number of hydrogen-bond acceptors (Lipinski definition) is 4. The third-order valence-corrected chi connectivity index (χ3v) is 4.37. The van der Waals surface area contributed by atoms with Gasteiger partial charge in [0.15, 0.2) is 0 Å². The lowest BCUT2D eigenvalue weighted by Gasteiger charge is -2.18. The Morgan fingerprint density at radius 1 is 0.742 bits per heavy atom. The zero-order chi connectivity index (χ0) is 22.3. The minimum atomic E-state index is -0.481. The summed E-state index contributed by atoms with van der Waals surface area (Å²) in [5, 5.41) is 8.80. The van der Waals surface area contributed by atoms with E-state index in [0.717, 1.165) is 11.4 Å². The van der Waals surface area contributed by atoms with E-state index in [2.05, 4.69) is 16.0 Å². The molecule has 0 bridgehead atoms. The van der Waals surface area contributed by atoms with Gasteiger partial charge in [0.1, 0.15) is 11.5 Å². The SMILES string of the molecule is CC(C)(C)C(=O)Nc1cccc(NCC(=O)Nc2ccc(Oc3ccccc3)cc2)c1. The first-order valence-electron chi connectivity index (χ1n) is 10.1. The summed E-state index contributed by atoms with van der Waals surface area (Å²) in [6, 6.07) is 24.0. The van der Waals surface area contributed by atoms with Gasteiger partial charge in [-0.25, -0.2) is 0 Å². The smallest absolute Gasteiger partial charge is 0.243 e. The monoisotopic (exact) mass is 417 g/mol. The van der Waals surface area contributed by atoms with Gasteiger partial charge in [0, 0.05) is 22.5 Å². The number of hydrogen-bond donors (Lipinski definition) is 3. The average Bonchev–Trinajstić information content (AvgIpc) is 2.74. The summed E-state index contributed by atoms with van der Waals surface area (Å²) >= 11 is 0. The minimum Gasteiger partial charge on any atom is -0.457 e. The first-order valence-corrected chi connectivity index (χ1v) is 10.1. The molecule has 0 heterocycles. The lowest BCUT2D eigenvalue weighted by Crippen LogP contribution is -2.27. The molecule has 0 aromatic heterocycles. The van der Waals surface area contributed by atoms with Crippen LogP contribution in [0.25, 0.3) is 0 Å². The first kappa shape index (κ1) is 21.9. The summed E-state index contributed by atoms with van der Waals surface area (Å²) in [7, 11) is 0. The van der Waals surface area contributed by atoms with Gasteiger partial charge in [-0.1, -0.05) is 45.0 Å². The number of anilines is 3. The summed E-state index contributed by atoms with van der Waals surface area (Å²) in [4.78, 5) is 24.4. The molecule has 0 saturated heterocycles. The molecule has 0 saturated carbocycles. The van der Waals surface area contributed by atoms with Gasteiger partial charge in [0.25, 0.3) is 0 Å².